The van der Waals surface area contributed by atoms with Gasteiger partial charge >= 0.3 is 11.7 Å². The SMILES string of the molecule is COC(=O)C1(N)CCC(Oc2c(C)cccc2[N+](=O)[O-])C1. The van der Waals surface area contributed by atoms with Crippen LogP contribution >= 0.6 is 0 Å². The molecule has 0 bridgehead atoms. The molecular weight excluding hydrogens is 276 g/mol. The second-order valence-corrected chi connectivity index (χ2v) is 5.31. The van der Waals surface area contributed by atoms with Crippen LogP contribution in [0.25, 0.3) is 0 Å². The molecule has 114 valence electrons. The van der Waals surface area contributed by atoms with Gasteiger partial charge in [-0.1, -0.05) is 12.1 Å². The first kappa shape index (κ1) is 15.2. The number of nitro groups is 1. The van der Waals surface area contributed by atoms with E-state index in [0.717, 1.165) is 0 Å². The second-order valence-electron chi connectivity index (χ2n) is 5.31. The summed E-state index contributed by atoms with van der Waals surface area (Å²) in [6.45, 7) is 1.74. The number of nitrogens with zero attached hydrogens (tertiary/aromatic N) is 1. The molecular formula is C14H18N2O5. The maximum absolute atomic E-state index is 11.7. The fourth-order valence-corrected chi connectivity index (χ4v) is 2.62. The number of carbonyl (C=O) groups excluding carboxylic acids is 1. The Hall–Kier alpha value is -2.15. The Balaban J connectivity index is 2.18. The van der Waals surface area contributed by atoms with Crippen LogP contribution in [-0.2, 0) is 9.53 Å². The third-order valence-electron chi connectivity index (χ3n) is 3.77. The highest BCUT2D eigenvalue weighted by Gasteiger charge is 2.44. The van der Waals surface area contributed by atoms with Crippen molar-refractivity contribution < 1.29 is 19.2 Å². The number of carbonyl (C=O) groups is 1. The summed E-state index contributed by atoms with van der Waals surface area (Å²) in [7, 11) is 1.29. The van der Waals surface area contributed by atoms with Crippen LogP contribution in [0.4, 0.5) is 5.69 Å². The van der Waals surface area contributed by atoms with Crippen LogP contribution in [0.2, 0.25) is 0 Å². The molecule has 1 aliphatic carbocycles. The van der Waals surface area contributed by atoms with Crippen molar-refractivity contribution in [3.63, 3.8) is 0 Å². The Morgan fingerprint density at radius 1 is 1.52 bits per heavy atom. The number of methoxy groups -OCH3 is 1. The van der Waals surface area contributed by atoms with Crippen molar-refractivity contribution >= 4 is 11.7 Å². The highest BCUT2D eigenvalue weighted by Crippen LogP contribution is 2.36. The van der Waals surface area contributed by atoms with Gasteiger partial charge in [0.05, 0.1) is 12.0 Å². The Labute approximate surface area is 122 Å². The molecule has 0 spiro atoms. The van der Waals surface area contributed by atoms with E-state index in [-0.39, 0.29) is 24.0 Å². The number of hydrogen-bond donors (Lipinski definition) is 1. The Kier molecular flexibility index (Phi) is 4.13. The second kappa shape index (κ2) is 5.69. The van der Waals surface area contributed by atoms with Gasteiger partial charge in [0.2, 0.25) is 0 Å². The Morgan fingerprint density at radius 3 is 2.86 bits per heavy atom. The van der Waals surface area contributed by atoms with E-state index in [0.29, 0.717) is 18.4 Å². The van der Waals surface area contributed by atoms with Gasteiger partial charge < -0.3 is 15.2 Å². The van der Waals surface area contributed by atoms with Crippen LogP contribution < -0.4 is 10.5 Å². The largest absolute Gasteiger partial charge is 0.483 e. The molecule has 2 N–H and O–H groups in total. The summed E-state index contributed by atoms with van der Waals surface area (Å²) in [6, 6.07) is 4.75. The molecule has 1 aromatic rings. The molecule has 1 saturated carbocycles. The first-order valence-corrected chi connectivity index (χ1v) is 6.65. The number of rotatable bonds is 4. The first-order valence-electron chi connectivity index (χ1n) is 6.65. The molecule has 2 rings (SSSR count). The molecule has 0 saturated heterocycles. The zero-order valence-corrected chi connectivity index (χ0v) is 12.0. The van der Waals surface area contributed by atoms with Gasteiger partial charge in [-0.3, -0.25) is 14.9 Å². The van der Waals surface area contributed by atoms with Gasteiger partial charge in [0.1, 0.15) is 11.6 Å². The maximum Gasteiger partial charge on any atom is 0.325 e. The molecule has 7 nitrogen and oxygen atoms in total. The molecule has 0 heterocycles. The quantitative estimate of drug-likeness (QED) is 0.515. The molecule has 0 radical (unpaired) electrons. The van der Waals surface area contributed by atoms with Gasteiger partial charge in [-0.15, -0.1) is 0 Å². The molecule has 1 aliphatic rings. The molecule has 0 aromatic heterocycles. The molecule has 1 fully saturated rings. The lowest BCUT2D eigenvalue weighted by molar-refractivity contribution is -0.386. The van der Waals surface area contributed by atoms with Crippen molar-refractivity contribution in [3.05, 3.63) is 33.9 Å². The molecule has 0 aliphatic heterocycles. The van der Waals surface area contributed by atoms with Gasteiger partial charge in [0.15, 0.2) is 5.75 Å². The van der Waals surface area contributed by atoms with Gasteiger partial charge in [0.25, 0.3) is 0 Å². The van der Waals surface area contributed by atoms with Crippen LogP contribution in [0, 0.1) is 17.0 Å². The molecule has 7 heteroatoms. The van der Waals surface area contributed by atoms with E-state index < -0.39 is 16.4 Å². The predicted octanol–water partition coefficient (Wildman–Crippen LogP) is 1.71. The lowest BCUT2D eigenvalue weighted by atomic mass is 10.00. The topological polar surface area (TPSA) is 105 Å². The van der Waals surface area contributed by atoms with Gasteiger partial charge in [-0.2, -0.15) is 0 Å². The Bertz CT molecular complexity index is 574. The lowest BCUT2D eigenvalue weighted by Crippen LogP contribution is -2.47. The minimum Gasteiger partial charge on any atom is -0.483 e. The lowest BCUT2D eigenvalue weighted by Gasteiger charge is -2.21. The summed E-state index contributed by atoms with van der Waals surface area (Å²) in [6.07, 6.45) is 0.931. The number of ether oxygens (including phenoxy) is 2. The van der Waals surface area contributed by atoms with E-state index in [4.69, 9.17) is 15.2 Å². The minimum absolute atomic E-state index is 0.0809. The molecule has 0 amide bonds. The first-order chi connectivity index (χ1) is 9.87. The van der Waals surface area contributed by atoms with Crippen molar-refractivity contribution in [2.45, 2.75) is 37.8 Å². The highest BCUT2D eigenvalue weighted by atomic mass is 16.6. The number of aryl methyl sites for hydroxylation is 1. The summed E-state index contributed by atoms with van der Waals surface area (Å²) in [5.74, 6) is -0.241. The smallest absolute Gasteiger partial charge is 0.325 e. The summed E-state index contributed by atoms with van der Waals surface area (Å²) < 4.78 is 10.5. The van der Waals surface area contributed by atoms with Crippen LogP contribution in [0.1, 0.15) is 24.8 Å². The van der Waals surface area contributed by atoms with E-state index in [9.17, 15) is 14.9 Å². The molecule has 2 atom stereocenters. The molecule has 21 heavy (non-hydrogen) atoms. The zero-order chi connectivity index (χ0) is 15.6. The average Bonchev–Trinajstić information content (AvgIpc) is 2.82. The highest BCUT2D eigenvalue weighted by molar-refractivity contribution is 5.81. The number of para-hydroxylation sites is 1. The summed E-state index contributed by atoms with van der Waals surface area (Å²) in [5, 5.41) is 11.1. The number of nitrogens with two attached hydrogens (primary N) is 1. The minimum atomic E-state index is -1.07. The fraction of sp³-hybridized carbons (Fsp3) is 0.500. The number of hydrogen-bond acceptors (Lipinski definition) is 6. The van der Waals surface area contributed by atoms with Crippen molar-refractivity contribution in [1.29, 1.82) is 0 Å². The number of esters is 1. The average molecular weight is 294 g/mol. The number of nitro benzene ring substituents is 1. The standard InChI is InChI=1S/C14H18N2O5/c1-9-4-3-5-11(16(18)19)12(9)21-10-6-7-14(15,8-10)13(17)20-2/h3-5,10H,6-8,15H2,1-2H3. The summed E-state index contributed by atoms with van der Waals surface area (Å²) in [4.78, 5) is 22.2. The molecule has 2 unspecified atom stereocenters. The van der Waals surface area contributed by atoms with E-state index in [2.05, 4.69) is 0 Å². The zero-order valence-electron chi connectivity index (χ0n) is 12.0. The van der Waals surface area contributed by atoms with Gasteiger partial charge in [0, 0.05) is 12.5 Å². The van der Waals surface area contributed by atoms with E-state index in [1.54, 1.807) is 19.1 Å². The molecule has 1 aromatic carbocycles. The van der Waals surface area contributed by atoms with Crippen molar-refractivity contribution in [2.75, 3.05) is 7.11 Å². The van der Waals surface area contributed by atoms with Gasteiger partial charge in [-0.25, -0.2) is 0 Å². The van der Waals surface area contributed by atoms with E-state index in [1.807, 2.05) is 0 Å². The van der Waals surface area contributed by atoms with Crippen molar-refractivity contribution in [2.24, 2.45) is 5.73 Å². The third kappa shape index (κ3) is 2.97. The van der Waals surface area contributed by atoms with Crippen LogP contribution in [0.3, 0.4) is 0 Å². The van der Waals surface area contributed by atoms with Crippen molar-refractivity contribution in [3.8, 4) is 5.75 Å². The summed E-state index contributed by atoms with van der Waals surface area (Å²) >= 11 is 0. The van der Waals surface area contributed by atoms with Crippen LogP contribution in [-0.4, -0.2) is 29.6 Å². The van der Waals surface area contributed by atoms with E-state index in [1.165, 1.54) is 13.2 Å². The maximum atomic E-state index is 11.7. The van der Waals surface area contributed by atoms with Crippen LogP contribution in [0.5, 0.6) is 5.75 Å². The van der Waals surface area contributed by atoms with E-state index >= 15 is 0 Å². The summed E-state index contributed by atoms with van der Waals surface area (Å²) in [5.41, 5.74) is 5.53. The Morgan fingerprint density at radius 2 is 2.24 bits per heavy atom. The monoisotopic (exact) mass is 294 g/mol. The van der Waals surface area contributed by atoms with Crippen molar-refractivity contribution in [1.82, 2.24) is 0 Å². The normalized spacial score (nSPS) is 24.6. The van der Waals surface area contributed by atoms with Gasteiger partial charge in [-0.05, 0) is 25.3 Å². The predicted molar refractivity (Wildman–Crippen MR) is 75.0 cm³/mol. The fourth-order valence-electron chi connectivity index (χ4n) is 2.62. The van der Waals surface area contributed by atoms with Crippen LogP contribution in [0.15, 0.2) is 18.2 Å². The third-order valence-corrected chi connectivity index (χ3v) is 3.77. The number of benzene rings is 1.